The SMILES string of the molecule is COC(CNC(=O)Nc1ccc(F)c(F)c1F)C(=O)O. The van der Waals surface area contributed by atoms with Crippen LogP contribution in [-0.2, 0) is 9.53 Å². The van der Waals surface area contributed by atoms with Crippen LogP contribution in [0.25, 0.3) is 0 Å². The molecule has 0 spiro atoms. The summed E-state index contributed by atoms with van der Waals surface area (Å²) in [6.45, 7) is -0.386. The van der Waals surface area contributed by atoms with Crippen LogP contribution in [0.5, 0.6) is 0 Å². The lowest BCUT2D eigenvalue weighted by atomic mass is 10.3. The Hall–Kier alpha value is -2.29. The van der Waals surface area contributed by atoms with Gasteiger partial charge in [0.15, 0.2) is 23.6 Å². The molecule has 1 aromatic carbocycles. The highest BCUT2D eigenvalue weighted by Gasteiger charge is 2.18. The van der Waals surface area contributed by atoms with E-state index in [1.807, 2.05) is 5.32 Å². The second kappa shape index (κ2) is 6.75. The fraction of sp³-hybridized carbons (Fsp3) is 0.273. The Morgan fingerprint density at radius 1 is 1.30 bits per heavy atom. The van der Waals surface area contributed by atoms with Crippen LogP contribution in [-0.4, -0.2) is 36.9 Å². The highest BCUT2D eigenvalue weighted by Crippen LogP contribution is 2.19. The lowest BCUT2D eigenvalue weighted by molar-refractivity contribution is -0.147. The smallest absolute Gasteiger partial charge is 0.334 e. The maximum Gasteiger partial charge on any atom is 0.334 e. The van der Waals surface area contributed by atoms with Crippen molar-refractivity contribution in [3.63, 3.8) is 0 Å². The molecule has 0 aliphatic carbocycles. The average molecular weight is 292 g/mol. The zero-order chi connectivity index (χ0) is 15.3. The second-order valence-corrected chi connectivity index (χ2v) is 3.62. The van der Waals surface area contributed by atoms with Gasteiger partial charge in [0.05, 0.1) is 12.2 Å². The van der Waals surface area contributed by atoms with Gasteiger partial charge < -0.3 is 20.5 Å². The van der Waals surface area contributed by atoms with Crippen molar-refractivity contribution in [2.75, 3.05) is 19.0 Å². The Labute approximate surface area is 111 Å². The van der Waals surface area contributed by atoms with E-state index in [0.29, 0.717) is 6.07 Å². The Kier molecular flexibility index (Phi) is 5.32. The first-order chi connectivity index (χ1) is 9.36. The summed E-state index contributed by atoms with van der Waals surface area (Å²) in [5, 5.41) is 12.6. The van der Waals surface area contributed by atoms with Gasteiger partial charge in [-0.2, -0.15) is 0 Å². The molecule has 2 amide bonds. The zero-order valence-electron chi connectivity index (χ0n) is 10.2. The minimum atomic E-state index is -1.72. The molecule has 0 radical (unpaired) electrons. The number of carboxylic acid groups (broad SMARTS) is 1. The first kappa shape index (κ1) is 15.8. The minimum Gasteiger partial charge on any atom is -0.479 e. The number of aliphatic carboxylic acids is 1. The number of carbonyl (C=O) groups is 2. The number of hydrogen-bond donors (Lipinski definition) is 3. The highest BCUT2D eigenvalue weighted by molar-refractivity contribution is 5.89. The van der Waals surface area contributed by atoms with Crippen LogP contribution in [0.3, 0.4) is 0 Å². The maximum atomic E-state index is 13.2. The summed E-state index contributed by atoms with van der Waals surface area (Å²) < 4.78 is 43.3. The first-order valence-corrected chi connectivity index (χ1v) is 5.30. The van der Waals surface area contributed by atoms with E-state index >= 15 is 0 Å². The average Bonchev–Trinajstić information content (AvgIpc) is 2.40. The van der Waals surface area contributed by atoms with Crippen LogP contribution in [0.4, 0.5) is 23.7 Å². The largest absolute Gasteiger partial charge is 0.479 e. The number of amides is 2. The standard InChI is InChI=1S/C11H11F3N2O4/c1-20-7(10(17)18)4-15-11(19)16-6-3-2-5(12)8(13)9(6)14/h2-3,7H,4H2,1H3,(H,17,18)(H2,15,16,19). The molecule has 1 aromatic rings. The van der Waals surface area contributed by atoms with Crippen molar-refractivity contribution in [3.8, 4) is 0 Å². The van der Waals surface area contributed by atoms with E-state index in [9.17, 15) is 22.8 Å². The van der Waals surface area contributed by atoms with Gasteiger partial charge in [0, 0.05) is 7.11 Å². The zero-order valence-corrected chi connectivity index (χ0v) is 10.2. The van der Waals surface area contributed by atoms with Crippen LogP contribution in [0.15, 0.2) is 12.1 Å². The van der Waals surface area contributed by atoms with E-state index in [0.717, 1.165) is 13.2 Å². The molecule has 0 aliphatic rings. The fourth-order valence-corrected chi connectivity index (χ4v) is 1.25. The molecule has 1 atom stereocenters. The molecule has 0 saturated carbocycles. The molecule has 0 bridgehead atoms. The number of benzene rings is 1. The first-order valence-electron chi connectivity index (χ1n) is 5.30. The van der Waals surface area contributed by atoms with Crippen molar-refractivity contribution in [2.24, 2.45) is 0 Å². The molecular formula is C11H11F3N2O4. The summed E-state index contributed by atoms with van der Waals surface area (Å²) in [7, 11) is 1.13. The number of halogens is 3. The van der Waals surface area contributed by atoms with Crippen LogP contribution in [0.1, 0.15) is 0 Å². The molecule has 0 heterocycles. The van der Waals surface area contributed by atoms with Crippen LogP contribution >= 0.6 is 0 Å². The topological polar surface area (TPSA) is 87.7 Å². The molecule has 3 N–H and O–H groups in total. The van der Waals surface area contributed by atoms with E-state index in [4.69, 9.17) is 5.11 Å². The van der Waals surface area contributed by atoms with Crippen molar-refractivity contribution in [2.45, 2.75) is 6.10 Å². The number of rotatable bonds is 5. The lowest BCUT2D eigenvalue weighted by Crippen LogP contribution is -2.39. The third-order valence-electron chi connectivity index (χ3n) is 2.29. The number of ether oxygens (including phenoxy) is 1. The molecular weight excluding hydrogens is 281 g/mol. The van der Waals surface area contributed by atoms with Gasteiger partial charge in [-0.05, 0) is 12.1 Å². The summed E-state index contributed by atoms with van der Waals surface area (Å²) in [5.74, 6) is -5.96. The summed E-state index contributed by atoms with van der Waals surface area (Å²) in [5.41, 5.74) is -0.578. The number of carbonyl (C=O) groups excluding carboxylic acids is 1. The molecule has 20 heavy (non-hydrogen) atoms. The van der Waals surface area contributed by atoms with E-state index in [1.165, 1.54) is 0 Å². The Bertz CT molecular complexity index is 525. The third-order valence-corrected chi connectivity index (χ3v) is 2.29. The van der Waals surface area contributed by atoms with Gasteiger partial charge in [-0.1, -0.05) is 0 Å². The van der Waals surface area contributed by atoms with Gasteiger partial charge in [0.1, 0.15) is 0 Å². The monoisotopic (exact) mass is 292 g/mol. The van der Waals surface area contributed by atoms with E-state index in [-0.39, 0.29) is 6.54 Å². The predicted octanol–water partition coefficient (Wildman–Crippen LogP) is 1.32. The molecule has 9 heteroatoms. The Balaban J connectivity index is 2.63. The number of carboxylic acids is 1. The molecule has 0 fully saturated rings. The molecule has 1 unspecified atom stereocenters. The lowest BCUT2D eigenvalue weighted by Gasteiger charge is -2.12. The Morgan fingerprint density at radius 3 is 2.50 bits per heavy atom. The van der Waals surface area contributed by atoms with Gasteiger partial charge in [-0.3, -0.25) is 0 Å². The number of anilines is 1. The fourth-order valence-electron chi connectivity index (χ4n) is 1.25. The Morgan fingerprint density at radius 2 is 1.95 bits per heavy atom. The molecule has 110 valence electrons. The van der Waals surface area contributed by atoms with Crippen molar-refractivity contribution in [1.29, 1.82) is 0 Å². The quantitative estimate of drug-likeness (QED) is 0.714. The number of hydrogen-bond acceptors (Lipinski definition) is 3. The van der Waals surface area contributed by atoms with Crippen molar-refractivity contribution < 1.29 is 32.6 Å². The summed E-state index contributed by atoms with van der Waals surface area (Å²) in [6, 6.07) is 0.486. The van der Waals surface area contributed by atoms with Crippen LogP contribution in [0, 0.1) is 17.5 Å². The molecule has 6 nitrogen and oxygen atoms in total. The summed E-state index contributed by atoms with van der Waals surface area (Å²) in [6.07, 6.45) is -1.28. The summed E-state index contributed by atoms with van der Waals surface area (Å²) >= 11 is 0. The van der Waals surface area contributed by atoms with Gasteiger partial charge in [-0.25, -0.2) is 22.8 Å². The van der Waals surface area contributed by atoms with E-state index < -0.39 is 41.2 Å². The highest BCUT2D eigenvalue weighted by atomic mass is 19.2. The molecule has 0 aliphatic heterocycles. The minimum absolute atomic E-state index is 0.386. The van der Waals surface area contributed by atoms with Crippen molar-refractivity contribution in [1.82, 2.24) is 5.32 Å². The number of urea groups is 1. The predicted molar refractivity (Wildman–Crippen MR) is 61.8 cm³/mol. The maximum absolute atomic E-state index is 13.2. The van der Waals surface area contributed by atoms with Gasteiger partial charge >= 0.3 is 12.0 Å². The molecule has 0 aromatic heterocycles. The van der Waals surface area contributed by atoms with Crippen LogP contribution < -0.4 is 10.6 Å². The third kappa shape index (κ3) is 3.85. The van der Waals surface area contributed by atoms with Gasteiger partial charge in [0.2, 0.25) is 0 Å². The second-order valence-electron chi connectivity index (χ2n) is 3.62. The van der Waals surface area contributed by atoms with Crippen molar-refractivity contribution >= 4 is 17.7 Å². The summed E-state index contributed by atoms with van der Waals surface area (Å²) in [4.78, 5) is 21.9. The molecule has 0 saturated heterocycles. The normalized spacial score (nSPS) is 11.8. The van der Waals surface area contributed by atoms with Gasteiger partial charge in [-0.15, -0.1) is 0 Å². The van der Waals surface area contributed by atoms with E-state index in [2.05, 4.69) is 10.1 Å². The van der Waals surface area contributed by atoms with Gasteiger partial charge in [0.25, 0.3) is 0 Å². The van der Waals surface area contributed by atoms with Crippen molar-refractivity contribution in [3.05, 3.63) is 29.6 Å². The number of nitrogens with one attached hydrogen (secondary N) is 2. The molecule has 1 rings (SSSR count). The number of methoxy groups -OCH3 is 1. The van der Waals surface area contributed by atoms with E-state index in [1.54, 1.807) is 0 Å². The van der Waals surface area contributed by atoms with Crippen LogP contribution in [0.2, 0.25) is 0 Å².